The number of allylic oxidation sites excluding steroid dienone is 4. The van der Waals surface area contributed by atoms with Crippen LogP contribution in [0.2, 0.25) is 0 Å². The van der Waals surface area contributed by atoms with Gasteiger partial charge in [0.05, 0.1) is 0 Å². The fraction of sp³-hybridized carbons (Fsp3) is 0.300. The largest absolute Gasteiger partial charge is 0.483 e. The first-order valence-corrected chi connectivity index (χ1v) is 7.91. The third-order valence-electron chi connectivity index (χ3n) is 2.73. The Hall–Kier alpha value is -2.62. The third kappa shape index (κ3) is 7.09. The van der Waals surface area contributed by atoms with E-state index in [9.17, 15) is 0 Å². The van der Waals surface area contributed by atoms with Gasteiger partial charge in [-0.25, -0.2) is 0 Å². The molecular weight excluding hydrogens is 302 g/mol. The molecule has 1 aliphatic carbocycles. The summed E-state index contributed by atoms with van der Waals surface area (Å²) in [6.45, 7) is 17.4. The van der Waals surface area contributed by atoms with Crippen LogP contribution in [0.3, 0.4) is 0 Å². The van der Waals surface area contributed by atoms with E-state index < -0.39 is 0 Å². The molecule has 1 aromatic carbocycles. The molecule has 0 aliphatic heterocycles. The van der Waals surface area contributed by atoms with Gasteiger partial charge in [-0.1, -0.05) is 62.0 Å². The van der Waals surface area contributed by atoms with Crippen LogP contribution < -0.4 is 0 Å². The molecule has 4 nitrogen and oxygen atoms in total. The Morgan fingerprint density at radius 3 is 2.08 bits per heavy atom. The summed E-state index contributed by atoms with van der Waals surface area (Å²) in [5, 5.41) is 11.1. The van der Waals surface area contributed by atoms with Crippen LogP contribution in [0.15, 0.2) is 60.3 Å². The Morgan fingerprint density at radius 1 is 1.21 bits per heavy atom. The van der Waals surface area contributed by atoms with Crippen molar-refractivity contribution in [3.63, 3.8) is 0 Å². The van der Waals surface area contributed by atoms with E-state index in [0.29, 0.717) is 6.61 Å². The Balaban J connectivity index is 0. The van der Waals surface area contributed by atoms with Crippen molar-refractivity contribution >= 4 is 17.8 Å². The zero-order chi connectivity index (χ0) is 19.0. The molecule has 0 saturated heterocycles. The molecule has 1 aliphatic rings. The van der Waals surface area contributed by atoms with Crippen LogP contribution in [-0.2, 0) is 9.63 Å². The van der Waals surface area contributed by atoms with Crippen LogP contribution in [0.4, 0.5) is 0 Å². The van der Waals surface area contributed by atoms with Gasteiger partial charge < -0.3 is 9.94 Å². The lowest BCUT2D eigenvalue weighted by atomic mass is 10.1. The molecule has 24 heavy (non-hydrogen) atoms. The van der Waals surface area contributed by atoms with E-state index in [1.54, 1.807) is 6.08 Å². The Morgan fingerprint density at radius 2 is 1.67 bits per heavy atom. The maximum Gasteiger partial charge on any atom is 0.290 e. The highest BCUT2D eigenvalue weighted by atomic mass is 16.6. The number of nitrogens with zero attached hydrogens (tertiary/aromatic N) is 1. The molecule has 0 atom stereocenters. The van der Waals surface area contributed by atoms with E-state index in [1.807, 2.05) is 45.9 Å². The van der Waals surface area contributed by atoms with Crippen LogP contribution in [0.5, 0.6) is 0 Å². The number of fused-ring (bicyclic) bond motifs is 1. The van der Waals surface area contributed by atoms with Crippen molar-refractivity contribution in [2.45, 2.75) is 34.6 Å². The molecule has 0 bridgehead atoms. The number of hydrogen-bond acceptors (Lipinski definition) is 3. The average molecular weight is 331 g/mol. The topological polar surface area (TPSA) is 58.9 Å². The summed E-state index contributed by atoms with van der Waals surface area (Å²) in [6.07, 6.45) is 3.59. The molecule has 0 heterocycles. The highest BCUT2D eigenvalue weighted by Gasteiger charge is 2.23. The summed E-state index contributed by atoms with van der Waals surface area (Å²) in [7, 11) is 0. The van der Waals surface area contributed by atoms with Crippen LogP contribution >= 0.6 is 0 Å². The van der Waals surface area contributed by atoms with E-state index in [2.05, 4.69) is 37.4 Å². The van der Waals surface area contributed by atoms with Gasteiger partial charge in [0, 0.05) is 11.1 Å². The summed E-state index contributed by atoms with van der Waals surface area (Å²) in [4.78, 5) is 13.5. The average Bonchev–Trinajstić information content (AvgIpc) is 2.88. The molecule has 0 saturated carbocycles. The molecule has 1 N–H and O–H groups in total. The fourth-order valence-electron chi connectivity index (χ4n) is 1.96. The van der Waals surface area contributed by atoms with Crippen molar-refractivity contribution < 1.29 is 14.7 Å². The number of hydrogen-bond donors (Lipinski definition) is 1. The van der Waals surface area contributed by atoms with E-state index >= 15 is 0 Å². The normalized spacial score (nSPS) is 12.3. The smallest absolute Gasteiger partial charge is 0.290 e. The van der Waals surface area contributed by atoms with Crippen molar-refractivity contribution in [3.05, 3.63) is 66.3 Å². The monoisotopic (exact) mass is 331 g/mol. The zero-order valence-corrected chi connectivity index (χ0v) is 15.4. The van der Waals surface area contributed by atoms with Crippen LogP contribution in [-0.4, -0.2) is 23.9 Å². The molecule has 4 heteroatoms. The summed E-state index contributed by atoms with van der Waals surface area (Å²) in [5.74, 6) is 0. The quantitative estimate of drug-likeness (QED) is 0.463. The Bertz CT molecular complexity index is 566. The number of oxime groups is 1. The Kier molecular flexibility index (Phi) is 15.1. The molecule has 0 unspecified atom stereocenters. The number of carbonyl (C=O) groups is 1. The maximum atomic E-state index is 8.36. The van der Waals surface area contributed by atoms with Crippen LogP contribution in [0.25, 0.3) is 5.57 Å². The highest BCUT2D eigenvalue weighted by molar-refractivity contribution is 6.24. The minimum atomic E-state index is -0.250. The molecular formula is C20H29NO3. The summed E-state index contributed by atoms with van der Waals surface area (Å²) >= 11 is 0. The first kappa shape index (κ1) is 23.6. The van der Waals surface area contributed by atoms with Gasteiger partial charge in [0.25, 0.3) is 6.47 Å². The molecule has 0 aromatic heterocycles. The SMILES string of the molecule is C=CC.C=CC1=C(C)c2ccccc2/C1=N\OCC.CC.O=CO. The second-order valence-corrected chi connectivity index (χ2v) is 4.16. The van der Waals surface area contributed by atoms with Gasteiger partial charge in [0.15, 0.2) is 0 Å². The van der Waals surface area contributed by atoms with Gasteiger partial charge in [-0.05, 0) is 31.9 Å². The standard InChI is InChI=1S/C14H15NO.C3H6.C2H6.CH2O2/c1-4-11-10(3)12-8-6-7-9-13(12)14(11)15-16-5-2;1-3-2;1-2;2-1-3/h4,6-9H,1,5H2,2-3H3;3H,1H2,2H3;1-2H3;1H,(H,2,3)/b15-14-;;;. The predicted molar refractivity (Wildman–Crippen MR) is 103 cm³/mol. The first-order valence-electron chi connectivity index (χ1n) is 7.91. The van der Waals surface area contributed by atoms with E-state index in [0.717, 1.165) is 16.8 Å². The van der Waals surface area contributed by atoms with Gasteiger partial charge in [-0.3, -0.25) is 4.79 Å². The highest BCUT2D eigenvalue weighted by Crippen LogP contribution is 2.33. The summed E-state index contributed by atoms with van der Waals surface area (Å²) < 4.78 is 0. The lowest BCUT2D eigenvalue weighted by Gasteiger charge is -2.01. The first-order chi connectivity index (χ1) is 11.6. The van der Waals surface area contributed by atoms with Crippen molar-refractivity contribution in [1.29, 1.82) is 0 Å². The van der Waals surface area contributed by atoms with E-state index in [1.165, 1.54) is 11.1 Å². The second kappa shape index (κ2) is 15.3. The zero-order valence-electron chi connectivity index (χ0n) is 15.4. The number of rotatable bonds is 3. The molecule has 2 rings (SSSR count). The lowest BCUT2D eigenvalue weighted by Crippen LogP contribution is -2.00. The second-order valence-electron chi connectivity index (χ2n) is 4.16. The van der Waals surface area contributed by atoms with Crippen molar-refractivity contribution in [2.75, 3.05) is 6.61 Å². The predicted octanol–water partition coefficient (Wildman–Crippen LogP) is 5.32. The summed E-state index contributed by atoms with van der Waals surface area (Å²) in [5.41, 5.74) is 5.52. The molecule has 0 amide bonds. The molecule has 132 valence electrons. The van der Waals surface area contributed by atoms with Gasteiger partial charge >= 0.3 is 0 Å². The lowest BCUT2D eigenvalue weighted by molar-refractivity contribution is -0.122. The fourth-order valence-corrected chi connectivity index (χ4v) is 1.96. The third-order valence-corrected chi connectivity index (χ3v) is 2.73. The summed E-state index contributed by atoms with van der Waals surface area (Å²) in [6, 6.07) is 8.21. The van der Waals surface area contributed by atoms with Crippen molar-refractivity contribution in [1.82, 2.24) is 0 Å². The van der Waals surface area contributed by atoms with Gasteiger partial charge in [-0.2, -0.15) is 0 Å². The Labute approximate surface area is 145 Å². The van der Waals surface area contributed by atoms with Gasteiger partial charge in [0.1, 0.15) is 12.3 Å². The molecule has 0 fully saturated rings. The minimum Gasteiger partial charge on any atom is -0.483 e. The number of carboxylic acid groups (broad SMARTS) is 1. The van der Waals surface area contributed by atoms with E-state index in [4.69, 9.17) is 14.7 Å². The molecule has 0 radical (unpaired) electrons. The van der Waals surface area contributed by atoms with Crippen LogP contribution in [0, 0.1) is 0 Å². The molecule has 0 spiro atoms. The van der Waals surface area contributed by atoms with E-state index in [-0.39, 0.29) is 6.47 Å². The maximum absolute atomic E-state index is 8.36. The van der Waals surface area contributed by atoms with Gasteiger partial charge in [0.2, 0.25) is 0 Å². The number of benzene rings is 1. The van der Waals surface area contributed by atoms with Gasteiger partial charge in [-0.15, -0.1) is 6.58 Å². The van der Waals surface area contributed by atoms with Crippen molar-refractivity contribution in [3.8, 4) is 0 Å². The van der Waals surface area contributed by atoms with Crippen LogP contribution in [0.1, 0.15) is 45.7 Å². The van der Waals surface area contributed by atoms with Crippen molar-refractivity contribution in [2.24, 2.45) is 5.16 Å². The molecule has 1 aromatic rings. The minimum absolute atomic E-state index is 0.250.